The molecule has 1 amide bonds. The van der Waals surface area contributed by atoms with Gasteiger partial charge in [-0.1, -0.05) is 72.8 Å². The average Bonchev–Trinajstić information content (AvgIpc) is 3.27. The first-order valence-corrected chi connectivity index (χ1v) is 10.6. The number of aromatic nitrogens is 2. The summed E-state index contributed by atoms with van der Waals surface area (Å²) >= 11 is 0. The van der Waals surface area contributed by atoms with E-state index in [2.05, 4.69) is 29.6 Å². The van der Waals surface area contributed by atoms with E-state index >= 15 is 0 Å². The lowest BCUT2D eigenvalue weighted by Crippen LogP contribution is -2.14. The summed E-state index contributed by atoms with van der Waals surface area (Å²) in [4.78, 5) is 13.2. The van der Waals surface area contributed by atoms with Gasteiger partial charge in [0.15, 0.2) is 5.69 Å². The fraction of sp³-hybridized carbons (Fsp3) is 0.0714. The largest absolute Gasteiger partial charge is 0.320 e. The van der Waals surface area contributed by atoms with Gasteiger partial charge < -0.3 is 5.32 Å². The number of para-hydroxylation sites is 1. The Balaban J connectivity index is 1.64. The summed E-state index contributed by atoms with van der Waals surface area (Å²) in [6, 6.07) is 32.3. The van der Waals surface area contributed by atoms with Gasteiger partial charge in [0.2, 0.25) is 0 Å². The molecule has 5 rings (SSSR count). The molecule has 156 valence electrons. The van der Waals surface area contributed by atoms with Crippen molar-refractivity contribution >= 4 is 22.4 Å². The minimum absolute atomic E-state index is 0.227. The second-order valence-electron chi connectivity index (χ2n) is 7.96. The molecular formula is C28H23N3O. The number of nitrogens with one attached hydrogen (secondary N) is 1. The number of fused-ring (bicyclic) bond motifs is 1. The van der Waals surface area contributed by atoms with Gasteiger partial charge in [-0.3, -0.25) is 4.79 Å². The zero-order valence-corrected chi connectivity index (χ0v) is 18.0. The quantitative estimate of drug-likeness (QED) is 0.360. The van der Waals surface area contributed by atoms with Crippen molar-refractivity contribution in [1.29, 1.82) is 0 Å². The molecule has 0 aliphatic heterocycles. The zero-order chi connectivity index (χ0) is 22.1. The fourth-order valence-electron chi connectivity index (χ4n) is 3.96. The van der Waals surface area contributed by atoms with Crippen molar-refractivity contribution in [2.45, 2.75) is 13.8 Å². The van der Waals surface area contributed by atoms with Crippen LogP contribution >= 0.6 is 0 Å². The molecule has 4 heteroatoms. The van der Waals surface area contributed by atoms with Crippen LogP contribution in [0.3, 0.4) is 0 Å². The molecule has 0 spiro atoms. The van der Waals surface area contributed by atoms with E-state index in [1.807, 2.05) is 91.3 Å². The van der Waals surface area contributed by atoms with Gasteiger partial charge in [-0.2, -0.15) is 5.10 Å². The van der Waals surface area contributed by atoms with Crippen LogP contribution in [0.1, 0.15) is 21.6 Å². The summed E-state index contributed by atoms with van der Waals surface area (Å²) in [5, 5.41) is 10.0. The van der Waals surface area contributed by atoms with Gasteiger partial charge in [0.05, 0.1) is 11.4 Å². The number of anilines is 1. The monoisotopic (exact) mass is 417 g/mol. The van der Waals surface area contributed by atoms with Crippen molar-refractivity contribution in [2.24, 2.45) is 0 Å². The molecule has 0 unspecified atom stereocenters. The lowest BCUT2D eigenvalue weighted by molar-refractivity contribution is 0.102. The molecule has 1 N–H and O–H groups in total. The molecule has 0 fully saturated rings. The van der Waals surface area contributed by atoms with Gasteiger partial charge in [0.25, 0.3) is 5.91 Å². The van der Waals surface area contributed by atoms with Crippen LogP contribution in [0.15, 0.2) is 97.1 Å². The first kappa shape index (κ1) is 19.8. The van der Waals surface area contributed by atoms with Gasteiger partial charge >= 0.3 is 0 Å². The molecule has 0 bridgehead atoms. The van der Waals surface area contributed by atoms with Crippen molar-refractivity contribution in [2.75, 3.05) is 5.32 Å². The van der Waals surface area contributed by atoms with Crippen LogP contribution in [0.4, 0.5) is 5.69 Å². The Morgan fingerprint density at radius 3 is 2.41 bits per heavy atom. The third kappa shape index (κ3) is 3.67. The van der Waals surface area contributed by atoms with E-state index in [9.17, 15) is 4.79 Å². The van der Waals surface area contributed by atoms with Gasteiger partial charge in [-0.25, -0.2) is 4.68 Å². The Labute approximate surface area is 187 Å². The summed E-state index contributed by atoms with van der Waals surface area (Å²) in [6.45, 7) is 4.00. The summed E-state index contributed by atoms with van der Waals surface area (Å²) < 4.78 is 1.85. The smallest absolute Gasteiger partial charge is 0.276 e. The highest BCUT2D eigenvalue weighted by atomic mass is 16.2. The van der Waals surface area contributed by atoms with Crippen LogP contribution in [0.2, 0.25) is 0 Å². The molecule has 0 radical (unpaired) electrons. The van der Waals surface area contributed by atoms with Crippen LogP contribution in [0.5, 0.6) is 0 Å². The number of hydrogen-bond donors (Lipinski definition) is 1. The minimum Gasteiger partial charge on any atom is -0.320 e. The number of rotatable bonds is 4. The Bertz CT molecular complexity index is 1430. The number of carbonyl (C=O) groups is 1. The van der Waals surface area contributed by atoms with Crippen LogP contribution in [-0.4, -0.2) is 15.7 Å². The molecule has 1 aromatic heterocycles. The third-order valence-corrected chi connectivity index (χ3v) is 5.65. The van der Waals surface area contributed by atoms with E-state index in [0.717, 1.165) is 44.5 Å². The van der Waals surface area contributed by atoms with Crippen LogP contribution in [0, 0.1) is 13.8 Å². The van der Waals surface area contributed by atoms with E-state index in [0.29, 0.717) is 5.69 Å². The number of hydrogen-bond acceptors (Lipinski definition) is 2. The van der Waals surface area contributed by atoms with E-state index < -0.39 is 0 Å². The van der Waals surface area contributed by atoms with Gasteiger partial charge in [0.1, 0.15) is 0 Å². The van der Waals surface area contributed by atoms with E-state index in [4.69, 9.17) is 5.10 Å². The van der Waals surface area contributed by atoms with Crippen molar-refractivity contribution in [3.63, 3.8) is 0 Å². The van der Waals surface area contributed by atoms with E-state index in [1.54, 1.807) is 0 Å². The summed E-state index contributed by atoms with van der Waals surface area (Å²) in [7, 11) is 0. The first-order valence-electron chi connectivity index (χ1n) is 10.6. The minimum atomic E-state index is -0.227. The molecule has 0 atom stereocenters. The fourth-order valence-corrected chi connectivity index (χ4v) is 3.96. The molecule has 4 nitrogen and oxygen atoms in total. The molecular weight excluding hydrogens is 394 g/mol. The van der Waals surface area contributed by atoms with E-state index in [1.165, 1.54) is 0 Å². The molecule has 5 aromatic rings. The zero-order valence-electron chi connectivity index (χ0n) is 18.0. The average molecular weight is 418 g/mol. The number of amides is 1. The predicted octanol–water partition coefficient (Wildman–Crippen LogP) is 6.56. The van der Waals surface area contributed by atoms with Crippen LogP contribution in [-0.2, 0) is 0 Å². The normalized spacial score (nSPS) is 10.9. The van der Waals surface area contributed by atoms with Crippen molar-refractivity contribution in [3.8, 4) is 16.9 Å². The molecule has 0 saturated heterocycles. The van der Waals surface area contributed by atoms with Crippen molar-refractivity contribution < 1.29 is 4.79 Å². The SMILES string of the molecule is Cc1ccc(C)c(NC(=O)c2cc(-c3cccc4ccccc34)n(-c3ccccc3)n2)c1. The molecule has 1 heterocycles. The van der Waals surface area contributed by atoms with Gasteiger partial charge in [0, 0.05) is 11.3 Å². The highest BCUT2D eigenvalue weighted by molar-refractivity contribution is 6.05. The molecule has 0 aliphatic rings. The van der Waals surface area contributed by atoms with Crippen molar-refractivity contribution in [1.82, 2.24) is 9.78 Å². The number of benzene rings is 4. The van der Waals surface area contributed by atoms with Gasteiger partial charge in [-0.05, 0) is 60.0 Å². The third-order valence-electron chi connectivity index (χ3n) is 5.65. The summed E-state index contributed by atoms with van der Waals surface area (Å²) in [6.07, 6.45) is 0. The highest BCUT2D eigenvalue weighted by Crippen LogP contribution is 2.31. The Kier molecular flexibility index (Phi) is 5.04. The summed E-state index contributed by atoms with van der Waals surface area (Å²) in [5.74, 6) is -0.227. The number of aryl methyl sites for hydroxylation is 2. The van der Waals surface area contributed by atoms with E-state index in [-0.39, 0.29) is 5.91 Å². The lowest BCUT2D eigenvalue weighted by Gasteiger charge is -2.10. The van der Waals surface area contributed by atoms with Crippen LogP contribution < -0.4 is 5.32 Å². The Morgan fingerprint density at radius 1 is 0.812 bits per heavy atom. The Hall–Kier alpha value is -4.18. The van der Waals surface area contributed by atoms with Gasteiger partial charge in [-0.15, -0.1) is 0 Å². The predicted molar refractivity (Wildman–Crippen MR) is 130 cm³/mol. The second-order valence-corrected chi connectivity index (χ2v) is 7.96. The highest BCUT2D eigenvalue weighted by Gasteiger charge is 2.19. The molecule has 4 aromatic carbocycles. The maximum absolute atomic E-state index is 13.2. The molecule has 0 saturated carbocycles. The maximum atomic E-state index is 13.2. The van der Waals surface area contributed by atoms with Crippen LogP contribution in [0.25, 0.3) is 27.7 Å². The number of carbonyl (C=O) groups excluding carboxylic acids is 1. The number of nitrogens with zero attached hydrogens (tertiary/aromatic N) is 2. The molecule has 32 heavy (non-hydrogen) atoms. The lowest BCUT2D eigenvalue weighted by atomic mass is 10.0. The molecule has 0 aliphatic carbocycles. The van der Waals surface area contributed by atoms with Crippen molar-refractivity contribution in [3.05, 3.63) is 114 Å². The topological polar surface area (TPSA) is 46.9 Å². The Morgan fingerprint density at radius 2 is 1.56 bits per heavy atom. The first-order chi connectivity index (χ1) is 15.6. The standard InChI is InChI=1S/C28H23N3O/c1-19-15-16-20(2)25(17-19)29-28(32)26-18-27(31(30-26)22-11-4-3-5-12-22)24-14-8-10-21-9-6-7-13-23(21)24/h3-18H,1-2H3,(H,29,32). The second kappa shape index (κ2) is 8.16. The maximum Gasteiger partial charge on any atom is 0.276 e. The summed E-state index contributed by atoms with van der Waals surface area (Å²) in [5.41, 5.74) is 6.09.